The monoisotopic (exact) mass is 906 g/mol. The van der Waals surface area contributed by atoms with E-state index in [9.17, 15) is 0 Å². The van der Waals surface area contributed by atoms with Gasteiger partial charge in [-0.15, -0.1) is 0 Å². The molecule has 70 heavy (non-hydrogen) atoms. The van der Waals surface area contributed by atoms with Crippen molar-refractivity contribution in [3.8, 4) is 44.5 Å². The molecule has 0 fully saturated rings. The Morgan fingerprint density at radius 3 is 1.60 bits per heavy atom. The van der Waals surface area contributed by atoms with Crippen LogP contribution in [0.25, 0.3) is 88.4 Å². The topological polar surface area (TPSA) is 42.4 Å². The van der Waals surface area contributed by atoms with Gasteiger partial charge in [-0.05, 0) is 144 Å². The molecule has 0 unspecified atom stereocenters. The maximum atomic E-state index is 6.99. The van der Waals surface area contributed by atoms with Crippen molar-refractivity contribution in [2.24, 2.45) is 0 Å². The zero-order valence-corrected chi connectivity index (χ0v) is 41.3. The van der Waals surface area contributed by atoms with E-state index in [-0.39, 0.29) is 21.7 Å². The molecule has 4 heteroatoms. The number of rotatable bonds is 4. The van der Waals surface area contributed by atoms with E-state index < -0.39 is 0 Å². The minimum Gasteiger partial charge on any atom is -0.455 e. The van der Waals surface area contributed by atoms with Crippen molar-refractivity contribution in [2.75, 3.05) is 4.90 Å². The molecule has 11 aromatic rings. The van der Waals surface area contributed by atoms with Gasteiger partial charge in [-0.25, -0.2) is 0 Å². The predicted octanol–water partition coefficient (Wildman–Crippen LogP) is 18.2. The van der Waals surface area contributed by atoms with Crippen molar-refractivity contribution in [1.29, 1.82) is 0 Å². The molecular formula is C66H54N2O2. The van der Waals surface area contributed by atoms with Crippen LogP contribution >= 0.6 is 0 Å². The summed E-state index contributed by atoms with van der Waals surface area (Å²) in [6, 6.07) is 56.4. The number of nitrogens with zero attached hydrogens (tertiary/aromatic N) is 2. The van der Waals surface area contributed by atoms with Gasteiger partial charge in [-0.2, -0.15) is 0 Å². The van der Waals surface area contributed by atoms with Crippen molar-refractivity contribution in [2.45, 2.75) is 84.0 Å². The van der Waals surface area contributed by atoms with Crippen LogP contribution < -0.4 is 4.90 Å². The maximum absolute atomic E-state index is 6.99. The average molecular weight is 907 g/mol. The first-order chi connectivity index (χ1) is 33.6. The highest BCUT2D eigenvalue weighted by Crippen LogP contribution is 2.64. The standard InChI is InChI=1S/C66H54N2O2/c1-63(2,3)38-22-24-39(25-23-38)68(40-26-28-43-49(34-40)64(4,5)51-36-47(37-30-32-67-33-31-37)61-56(54(43)51)45-17-11-14-20-52(45)69-61)41-27-29-44-50(35-41)66(8,9)59-55(44)57-46-18-12-15-21-53(46)70-62(57)58-42-16-10-13-19-48(42)65(6,7)60(58)59/h10-36H,1-9H3. The molecule has 340 valence electrons. The molecule has 3 aromatic heterocycles. The van der Waals surface area contributed by atoms with Gasteiger partial charge in [0.05, 0.1) is 0 Å². The van der Waals surface area contributed by atoms with Crippen molar-refractivity contribution < 1.29 is 8.83 Å². The number of pyridine rings is 1. The molecular weight excluding hydrogens is 853 g/mol. The van der Waals surface area contributed by atoms with Crippen LogP contribution in [0.4, 0.5) is 17.1 Å². The van der Waals surface area contributed by atoms with Crippen molar-refractivity contribution in [3.05, 3.63) is 203 Å². The van der Waals surface area contributed by atoms with Gasteiger partial charge in [0, 0.05) is 78.4 Å². The summed E-state index contributed by atoms with van der Waals surface area (Å²) in [5, 5.41) is 4.70. The third kappa shape index (κ3) is 5.34. The van der Waals surface area contributed by atoms with Crippen LogP contribution in [-0.4, -0.2) is 4.98 Å². The fraction of sp³-hybridized carbons (Fsp3) is 0.197. The van der Waals surface area contributed by atoms with Crippen LogP contribution in [0.15, 0.2) is 173 Å². The van der Waals surface area contributed by atoms with E-state index in [0.29, 0.717) is 0 Å². The Morgan fingerprint density at radius 2 is 0.943 bits per heavy atom. The molecule has 0 saturated carbocycles. The van der Waals surface area contributed by atoms with E-state index in [0.717, 1.165) is 55.9 Å². The lowest BCUT2D eigenvalue weighted by molar-refractivity contribution is 0.590. The fourth-order valence-corrected chi connectivity index (χ4v) is 13.2. The Hall–Kier alpha value is -7.69. The minimum atomic E-state index is -0.328. The highest BCUT2D eigenvalue weighted by molar-refractivity contribution is 6.21. The number of hydrogen-bond acceptors (Lipinski definition) is 4. The maximum Gasteiger partial charge on any atom is 0.144 e. The first-order valence-electron chi connectivity index (χ1n) is 24.9. The summed E-state index contributed by atoms with van der Waals surface area (Å²) in [6.07, 6.45) is 3.74. The molecule has 0 atom stereocenters. The van der Waals surface area contributed by atoms with Crippen LogP contribution in [0.1, 0.15) is 101 Å². The van der Waals surface area contributed by atoms with Gasteiger partial charge >= 0.3 is 0 Å². The number of fused-ring (bicyclic) bond motifs is 19. The smallest absolute Gasteiger partial charge is 0.144 e. The van der Waals surface area contributed by atoms with Crippen LogP contribution in [0.2, 0.25) is 0 Å². The van der Waals surface area contributed by atoms with Gasteiger partial charge in [-0.1, -0.05) is 147 Å². The molecule has 14 rings (SSSR count). The normalized spacial score (nSPS) is 15.6. The van der Waals surface area contributed by atoms with Gasteiger partial charge in [0.2, 0.25) is 0 Å². The highest BCUT2D eigenvalue weighted by atomic mass is 16.3. The molecule has 0 N–H and O–H groups in total. The second-order valence-corrected chi connectivity index (χ2v) is 22.7. The quantitative estimate of drug-likeness (QED) is 0.176. The number of para-hydroxylation sites is 2. The first-order valence-corrected chi connectivity index (χ1v) is 24.9. The molecule has 0 radical (unpaired) electrons. The molecule has 0 amide bonds. The lowest BCUT2D eigenvalue weighted by atomic mass is 9.72. The molecule has 0 aliphatic heterocycles. The number of benzene rings is 8. The third-order valence-electron chi connectivity index (χ3n) is 16.7. The van der Waals surface area contributed by atoms with Crippen molar-refractivity contribution in [1.82, 2.24) is 4.98 Å². The highest BCUT2D eigenvalue weighted by Gasteiger charge is 2.49. The number of aromatic nitrogens is 1. The third-order valence-corrected chi connectivity index (χ3v) is 16.7. The Balaban J connectivity index is 0.993. The van der Waals surface area contributed by atoms with E-state index >= 15 is 0 Å². The van der Waals surface area contributed by atoms with Crippen molar-refractivity contribution in [3.63, 3.8) is 0 Å². The van der Waals surface area contributed by atoms with E-state index in [1.807, 2.05) is 12.4 Å². The van der Waals surface area contributed by atoms with Gasteiger partial charge < -0.3 is 13.7 Å². The van der Waals surface area contributed by atoms with Gasteiger partial charge in [0.15, 0.2) is 0 Å². The number of furan rings is 2. The predicted molar refractivity (Wildman–Crippen MR) is 290 cm³/mol. The zero-order chi connectivity index (χ0) is 47.8. The number of hydrogen-bond donors (Lipinski definition) is 0. The van der Waals surface area contributed by atoms with E-state index in [1.54, 1.807) is 0 Å². The SMILES string of the molecule is CC(C)(C)c1ccc(N(c2ccc3c(c2)C(C)(C)c2cc(-c4ccncc4)c4oc5ccccc5c4c2-3)c2ccc3c(c2)C(C)(C)c2c4c(c5oc6ccccc6c5c2-3)-c2ccccc2C4(C)C)cc1. The fourth-order valence-electron chi connectivity index (χ4n) is 13.2. The zero-order valence-electron chi connectivity index (χ0n) is 41.3. The second kappa shape index (κ2) is 13.8. The van der Waals surface area contributed by atoms with E-state index in [4.69, 9.17) is 8.83 Å². The minimum absolute atomic E-state index is 0.0180. The second-order valence-electron chi connectivity index (χ2n) is 22.7. The Labute approximate surface area is 409 Å². The van der Waals surface area contributed by atoms with Crippen LogP contribution in [0.3, 0.4) is 0 Å². The summed E-state index contributed by atoms with van der Waals surface area (Å²) in [5.74, 6) is 0. The molecule has 3 heterocycles. The summed E-state index contributed by atoms with van der Waals surface area (Å²) >= 11 is 0. The Kier molecular flexibility index (Phi) is 8.12. The molecule has 3 aliphatic rings. The van der Waals surface area contributed by atoms with Gasteiger partial charge in [0.1, 0.15) is 22.3 Å². The number of anilines is 3. The molecule has 0 saturated heterocycles. The summed E-state index contributed by atoms with van der Waals surface area (Å²) < 4.78 is 13.8. The van der Waals surface area contributed by atoms with Crippen LogP contribution in [0.5, 0.6) is 0 Å². The van der Waals surface area contributed by atoms with Crippen LogP contribution in [-0.2, 0) is 21.7 Å². The molecule has 3 aliphatic carbocycles. The summed E-state index contributed by atoms with van der Waals surface area (Å²) in [4.78, 5) is 6.86. The molecule has 0 spiro atoms. The largest absolute Gasteiger partial charge is 0.455 e. The molecule has 0 bridgehead atoms. The average Bonchev–Trinajstić information content (AvgIpc) is 4.11. The summed E-state index contributed by atoms with van der Waals surface area (Å²) in [7, 11) is 0. The lowest BCUT2D eigenvalue weighted by Crippen LogP contribution is -2.24. The van der Waals surface area contributed by atoms with Gasteiger partial charge in [-0.3, -0.25) is 4.98 Å². The summed E-state index contributed by atoms with van der Waals surface area (Å²) in [6.45, 7) is 21.4. The Bertz CT molecular complexity index is 4060. The Morgan fingerprint density at radius 1 is 0.429 bits per heavy atom. The molecule has 8 aromatic carbocycles. The van der Waals surface area contributed by atoms with E-state index in [1.165, 1.54) is 88.5 Å². The molecule has 4 nitrogen and oxygen atoms in total. The van der Waals surface area contributed by atoms with Gasteiger partial charge in [0.25, 0.3) is 0 Å². The van der Waals surface area contributed by atoms with Crippen molar-refractivity contribution >= 4 is 60.9 Å². The summed E-state index contributed by atoms with van der Waals surface area (Å²) in [5.41, 5.74) is 25.5. The first kappa shape index (κ1) is 41.3. The lowest BCUT2D eigenvalue weighted by Gasteiger charge is -2.32. The van der Waals surface area contributed by atoms with E-state index in [2.05, 4.69) is 224 Å². The van der Waals surface area contributed by atoms with Crippen LogP contribution in [0, 0.1) is 0 Å².